The van der Waals surface area contributed by atoms with Crippen LogP contribution in [0.2, 0.25) is 0 Å². The van der Waals surface area contributed by atoms with Gasteiger partial charge in [-0.05, 0) is 12.1 Å². The highest BCUT2D eigenvalue weighted by Gasteiger charge is 2.54. The smallest absolute Gasteiger partial charge is 0.353 e. The summed E-state index contributed by atoms with van der Waals surface area (Å²) >= 11 is 3.62. The zero-order valence-electron chi connectivity index (χ0n) is 15.5. The van der Waals surface area contributed by atoms with Gasteiger partial charge in [0.2, 0.25) is 0 Å². The number of β-lactam (4-membered cyclic amide) rings is 1. The molecule has 2 amide bonds. The van der Waals surface area contributed by atoms with E-state index in [-0.39, 0.29) is 22.2 Å². The first-order valence-corrected chi connectivity index (χ1v) is 11.4. The van der Waals surface area contributed by atoms with Gasteiger partial charge in [0.15, 0.2) is 10.8 Å². The number of aromatic nitrogens is 2. The summed E-state index contributed by atoms with van der Waals surface area (Å²) in [6.45, 7) is 0. The number of nitrogens with two attached hydrogens (primary N) is 1. The number of thiazole rings is 1. The molecule has 14 heteroatoms. The molecule has 2 aliphatic rings. The second-order valence-corrected chi connectivity index (χ2v) is 9.41. The Hall–Kier alpha value is -3.10. The second kappa shape index (κ2) is 8.56. The summed E-state index contributed by atoms with van der Waals surface area (Å²) in [5, 5.41) is 25.4. The van der Waals surface area contributed by atoms with E-state index in [9.17, 15) is 24.7 Å². The molecule has 0 radical (unpaired) electrons. The van der Waals surface area contributed by atoms with Gasteiger partial charge in [0, 0.05) is 33.3 Å². The van der Waals surface area contributed by atoms with Crippen LogP contribution in [0.25, 0.3) is 0 Å². The number of fused-ring (bicyclic) bond motifs is 1. The van der Waals surface area contributed by atoms with Crippen LogP contribution in [0.15, 0.2) is 50.6 Å². The summed E-state index contributed by atoms with van der Waals surface area (Å²) in [7, 11) is 0. The van der Waals surface area contributed by atoms with E-state index in [0.717, 1.165) is 21.1 Å². The Morgan fingerprint density at radius 2 is 2.23 bits per heavy atom. The molecule has 0 bridgehead atoms. The van der Waals surface area contributed by atoms with E-state index in [1.54, 1.807) is 24.5 Å². The maximum Gasteiger partial charge on any atom is 0.353 e. The number of aliphatic carboxylic acids is 1. The Bertz CT molecular complexity index is 1120. The summed E-state index contributed by atoms with van der Waals surface area (Å²) in [5.41, 5.74) is 5.11. The number of anilines is 1. The number of oxime groups is 1. The van der Waals surface area contributed by atoms with Gasteiger partial charge in [-0.25, -0.2) is 9.78 Å². The van der Waals surface area contributed by atoms with E-state index in [1.807, 2.05) is 0 Å². The topological polar surface area (TPSA) is 171 Å². The zero-order valence-corrected chi connectivity index (χ0v) is 17.9. The lowest BCUT2D eigenvalue weighted by Gasteiger charge is -2.49. The van der Waals surface area contributed by atoms with Gasteiger partial charge in [0.1, 0.15) is 22.8 Å². The molecule has 1 saturated heterocycles. The average Bonchev–Trinajstić information content (AvgIpc) is 3.18. The van der Waals surface area contributed by atoms with E-state index >= 15 is 0 Å². The number of carbonyl (C=O) groups excluding carboxylic acids is 2. The molecule has 11 nitrogen and oxygen atoms in total. The van der Waals surface area contributed by atoms with Crippen LogP contribution in [0.3, 0.4) is 0 Å². The maximum atomic E-state index is 12.7. The number of rotatable bonds is 6. The molecule has 1 fully saturated rings. The molecule has 31 heavy (non-hydrogen) atoms. The number of pyridine rings is 1. The number of carboxylic acid groups (broad SMARTS) is 1. The molecular formula is C17H14N6O5S3. The molecule has 0 aromatic carbocycles. The van der Waals surface area contributed by atoms with Gasteiger partial charge in [-0.1, -0.05) is 16.9 Å². The Labute approximate surface area is 187 Å². The Balaban J connectivity index is 1.52. The van der Waals surface area contributed by atoms with Crippen LogP contribution >= 0.6 is 34.9 Å². The summed E-state index contributed by atoms with van der Waals surface area (Å²) in [5.74, 6) is -2.28. The number of amides is 2. The Morgan fingerprint density at radius 1 is 1.42 bits per heavy atom. The number of thioether (sulfide) groups is 2. The van der Waals surface area contributed by atoms with Gasteiger partial charge in [-0.2, -0.15) is 0 Å². The van der Waals surface area contributed by atoms with E-state index in [4.69, 9.17) is 5.73 Å². The van der Waals surface area contributed by atoms with Crippen LogP contribution < -0.4 is 11.1 Å². The fourth-order valence-electron chi connectivity index (χ4n) is 3.04. The van der Waals surface area contributed by atoms with Crippen LogP contribution in [0.1, 0.15) is 5.69 Å². The highest BCUT2D eigenvalue weighted by Crippen LogP contribution is 2.45. The Kier molecular flexibility index (Phi) is 5.84. The molecule has 0 saturated carbocycles. The second-order valence-electron chi connectivity index (χ2n) is 6.25. The number of nitrogens with one attached hydrogen (secondary N) is 1. The fourth-order valence-corrected chi connectivity index (χ4v) is 6.05. The lowest BCUT2D eigenvalue weighted by Crippen LogP contribution is -2.71. The largest absolute Gasteiger partial charge is 0.477 e. The van der Waals surface area contributed by atoms with Crippen molar-refractivity contribution in [2.24, 2.45) is 5.16 Å². The SMILES string of the molecule is Nc1nc(/C(=N/O)C(=O)N[C@@H]2C(=O)N3C(C(=O)O)=C(Sc4cccnc4)CS[C@@H]23)cs1. The Morgan fingerprint density at radius 3 is 2.84 bits per heavy atom. The van der Waals surface area contributed by atoms with Crippen molar-refractivity contribution in [1.29, 1.82) is 0 Å². The third kappa shape index (κ3) is 3.96. The molecule has 0 unspecified atom stereocenters. The van der Waals surface area contributed by atoms with Crippen LogP contribution in [0.4, 0.5) is 5.13 Å². The van der Waals surface area contributed by atoms with Gasteiger partial charge < -0.3 is 21.4 Å². The standard InChI is InChI=1S/C17H14N6O5S3/c18-17-20-8(5-30-17)10(22-28)13(24)21-11-14(25)23-12(16(26)27)9(6-29-15(11)23)31-7-2-1-3-19-4-7/h1-5,11,15,28H,6H2,(H2,18,20)(H,21,24)(H,26,27)/b22-10-/t11-,15+/m1/s1. The molecule has 2 aliphatic heterocycles. The lowest BCUT2D eigenvalue weighted by atomic mass is 10.0. The molecule has 2 aromatic heterocycles. The van der Waals surface area contributed by atoms with Crippen molar-refractivity contribution < 1.29 is 24.7 Å². The van der Waals surface area contributed by atoms with Crippen molar-refractivity contribution in [2.75, 3.05) is 11.5 Å². The van der Waals surface area contributed by atoms with E-state index in [2.05, 4.69) is 20.4 Å². The van der Waals surface area contributed by atoms with Crippen LogP contribution in [-0.2, 0) is 14.4 Å². The molecule has 0 aliphatic carbocycles. The normalized spacial score (nSPS) is 20.8. The highest BCUT2D eigenvalue weighted by atomic mass is 32.2. The molecule has 4 heterocycles. The molecule has 160 valence electrons. The van der Waals surface area contributed by atoms with E-state index in [1.165, 1.54) is 28.9 Å². The minimum absolute atomic E-state index is 0.0729. The highest BCUT2D eigenvalue weighted by molar-refractivity contribution is 8.06. The van der Waals surface area contributed by atoms with Gasteiger partial charge in [-0.3, -0.25) is 19.5 Å². The van der Waals surface area contributed by atoms with E-state index < -0.39 is 29.2 Å². The monoisotopic (exact) mass is 478 g/mol. The summed E-state index contributed by atoms with van der Waals surface area (Å²) < 4.78 is 0. The third-order valence-corrected chi connectivity index (χ3v) is 7.58. The van der Waals surface area contributed by atoms with Gasteiger partial charge >= 0.3 is 5.97 Å². The van der Waals surface area contributed by atoms with Gasteiger partial charge in [0.25, 0.3) is 11.8 Å². The molecule has 0 spiro atoms. The average molecular weight is 479 g/mol. The minimum Gasteiger partial charge on any atom is -0.477 e. The van der Waals surface area contributed by atoms with Crippen molar-refractivity contribution in [3.8, 4) is 0 Å². The first-order valence-electron chi connectivity index (χ1n) is 8.64. The molecular weight excluding hydrogens is 464 g/mol. The number of carboxylic acids is 1. The molecule has 5 N–H and O–H groups in total. The lowest BCUT2D eigenvalue weighted by molar-refractivity contribution is -0.150. The predicted octanol–water partition coefficient (Wildman–Crippen LogP) is 0.787. The van der Waals surface area contributed by atoms with Crippen LogP contribution in [-0.4, -0.2) is 65.8 Å². The number of hydrogen-bond acceptors (Lipinski definition) is 11. The van der Waals surface area contributed by atoms with E-state index in [0.29, 0.717) is 10.7 Å². The summed E-state index contributed by atoms with van der Waals surface area (Å²) in [6.07, 6.45) is 3.22. The quantitative estimate of drug-likeness (QED) is 0.201. The molecule has 4 rings (SSSR count). The first kappa shape index (κ1) is 21.1. The number of carbonyl (C=O) groups is 3. The summed E-state index contributed by atoms with van der Waals surface area (Å²) in [4.78, 5) is 47.5. The van der Waals surface area contributed by atoms with Crippen molar-refractivity contribution in [3.63, 3.8) is 0 Å². The van der Waals surface area contributed by atoms with Crippen LogP contribution in [0, 0.1) is 0 Å². The number of hydrogen-bond donors (Lipinski definition) is 4. The minimum atomic E-state index is -1.23. The van der Waals surface area contributed by atoms with Gasteiger partial charge in [-0.15, -0.1) is 23.1 Å². The number of nitrogen functional groups attached to an aromatic ring is 1. The van der Waals surface area contributed by atoms with Gasteiger partial charge in [0.05, 0.1) is 0 Å². The molecule has 2 atom stereocenters. The molecule has 2 aromatic rings. The number of nitrogens with zero attached hydrogens (tertiary/aromatic N) is 4. The van der Waals surface area contributed by atoms with Crippen molar-refractivity contribution >= 4 is 63.5 Å². The fraction of sp³-hybridized carbons (Fsp3) is 0.176. The third-order valence-electron chi connectivity index (χ3n) is 4.38. The van der Waals surface area contributed by atoms with Crippen molar-refractivity contribution in [2.45, 2.75) is 16.3 Å². The predicted molar refractivity (Wildman–Crippen MR) is 115 cm³/mol. The first-order chi connectivity index (χ1) is 14.9. The van der Waals surface area contributed by atoms with Crippen molar-refractivity contribution in [3.05, 3.63) is 46.2 Å². The zero-order chi connectivity index (χ0) is 22.1. The maximum absolute atomic E-state index is 12.7. The van der Waals surface area contributed by atoms with Crippen molar-refractivity contribution in [1.82, 2.24) is 20.2 Å². The summed E-state index contributed by atoms with van der Waals surface area (Å²) in [6, 6.07) is 2.56. The van der Waals surface area contributed by atoms with Crippen LogP contribution in [0.5, 0.6) is 0 Å².